The Morgan fingerprint density at radius 1 is 1.19 bits per heavy atom. The van der Waals surface area contributed by atoms with E-state index in [9.17, 15) is 18.6 Å². The number of anilines is 1. The molecular formula is C27H25IN6O6S2. The number of aliphatic hydroxyl groups excluding tert-OH is 1. The average molecular weight is 721 g/mol. The Labute approximate surface area is 259 Å². The van der Waals surface area contributed by atoms with Gasteiger partial charge in [-0.05, 0) is 64.0 Å². The van der Waals surface area contributed by atoms with Gasteiger partial charge in [-0.1, -0.05) is 33.2 Å². The molecule has 0 aliphatic heterocycles. The third kappa shape index (κ3) is 6.19. The van der Waals surface area contributed by atoms with Crippen LogP contribution in [0.5, 0.6) is 17.4 Å². The molecule has 15 heteroatoms. The van der Waals surface area contributed by atoms with Crippen LogP contribution in [-0.2, 0) is 10.0 Å². The van der Waals surface area contributed by atoms with E-state index in [-0.39, 0.29) is 47.1 Å². The lowest BCUT2D eigenvalue weighted by molar-refractivity contribution is 0.176. The predicted octanol–water partition coefficient (Wildman–Crippen LogP) is 3.87. The number of aliphatic hydroxyl groups is 1. The van der Waals surface area contributed by atoms with E-state index in [4.69, 9.17) is 14.7 Å². The minimum atomic E-state index is -4.34. The standard InChI is InChI=1S/C27H25IN6O6S2/c1-17(25(36)19-12-10-18(16-29)11-13-19)42(37,38)33(14-15-41-28)27-32-31-26(20-6-4-9-23(30-20)40-3)34(27)24-21(35)7-5-8-22(24)39-2/h5,7-13,17,25,35-36H,14-15H2,1-3H3/t17-,25-/m1/s1. The van der Waals surface area contributed by atoms with Gasteiger partial charge in [0.1, 0.15) is 22.4 Å². The summed E-state index contributed by atoms with van der Waals surface area (Å²) in [6.07, 6.45) is -1.43. The number of hydrogen-bond acceptors (Lipinski definition) is 11. The van der Waals surface area contributed by atoms with Gasteiger partial charge in [-0.15, -0.1) is 10.2 Å². The second-order valence-corrected chi connectivity index (χ2v) is 13.4. The molecule has 2 N–H and O–H groups in total. The van der Waals surface area contributed by atoms with Crippen LogP contribution in [0.4, 0.5) is 5.95 Å². The molecule has 0 spiro atoms. The van der Waals surface area contributed by atoms with Gasteiger partial charge in [-0.3, -0.25) is 4.57 Å². The fourth-order valence-corrected chi connectivity index (χ4v) is 6.63. The number of para-hydroxylation sites is 1. The highest BCUT2D eigenvalue weighted by Gasteiger charge is 2.38. The largest absolute Gasteiger partial charge is 0.506 e. The van der Waals surface area contributed by atoms with E-state index in [1.807, 2.05) is 6.07 Å². The molecule has 0 fully saturated rings. The minimum absolute atomic E-state index is 0.0302. The molecule has 2 aromatic carbocycles. The number of rotatable bonds is 12. The Bertz CT molecular complexity index is 1690. The summed E-state index contributed by atoms with van der Waals surface area (Å²) in [5.74, 6) is 0.380. The van der Waals surface area contributed by atoms with Crippen LogP contribution >= 0.6 is 30.1 Å². The molecule has 0 saturated heterocycles. The molecule has 2 atom stereocenters. The number of benzene rings is 2. The fourth-order valence-electron chi connectivity index (χ4n) is 4.09. The van der Waals surface area contributed by atoms with Gasteiger partial charge in [0.25, 0.3) is 0 Å². The zero-order chi connectivity index (χ0) is 30.4. The summed E-state index contributed by atoms with van der Waals surface area (Å²) < 4.78 is 41.5. The molecule has 0 aliphatic rings. The first-order valence-electron chi connectivity index (χ1n) is 12.3. The van der Waals surface area contributed by atoms with Crippen molar-refractivity contribution in [2.75, 3.05) is 30.8 Å². The molecule has 2 aromatic heterocycles. The fraction of sp³-hybridized carbons (Fsp3) is 0.259. The number of sulfonamides is 1. The van der Waals surface area contributed by atoms with Crippen molar-refractivity contribution in [2.45, 2.75) is 18.3 Å². The monoisotopic (exact) mass is 720 g/mol. The van der Waals surface area contributed by atoms with E-state index in [0.717, 1.165) is 4.31 Å². The molecule has 0 saturated carbocycles. The summed E-state index contributed by atoms with van der Waals surface area (Å²) in [6.45, 7) is 1.34. The maximum Gasteiger partial charge on any atom is 0.246 e. The van der Waals surface area contributed by atoms with E-state index in [1.54, 1.807) is 12.1 Å². The van der Waals surface area contributed by atoms with Crippen LogP contribution < -0.4 is 13.8 Å². The zero-order valence-electron chi connectivity index (χ0n) is 22.6. The van der Waals surface area contributed by atoms with Gasteiger partial charge in [0.15, 0.2) is 11.5 Å². The van der Waals surface area contributed by atoms with Gasteiger partial charge < -0.3 is 19.7 Å². The van der Waals surface area contributed by atoms with E-state index < -0.39 is 21.4 Å². The molecule has 218 valence electrons. The molecule has 0 bridgehead atoms. The maximum absolute atomic E-state index is 14.2. The van der Waals surface area contributed by atoms with E-state index in [1.165, 1.54) is 71.0 Å². The molecule has 42 heavy (non-hydrogen) atoms. The van der Waals surface area contributed by atoms with E-state index in [0.29, 0.717) is 16.9 Å². The van der Waals surface area contributed by atoms with Crippen molar-refractivity contribution in [1.29, 1.82) is 5.26 Å². The number of methoxy groups -OCH3 is 2. The van der Waals surface area contributed by atoms with Gasteiger partial charge in [0, 0.05) is 12.3 Å². The Balaban J connectivity index is 1.93. The number of aromatic hydroxyl groups is 1. The quantitative estimate of drug-likeness (QED) is 0.204. The molecular weight excluding hydrogens is 695 g/mol. The number of hydrogen-bond donors (Lipinski definition) is 2. The van der Waals surface area contributed by atoms with Gasteiger partial charge in [-0.25, -0.2) is 17.7 Å². The highest BCUT2D eigenvalue weighted by molar-refractivity contribution is 14.2. The van der Waals surface area contributed by atoms with Gasteiger partial charge in [0.05, 0.1) is 38.0 Å². The Morgan fingerprint density at radius 2 is 1.93 bits per heavy atom. The van der Waals surface area contributed by atoms with Crippen LogP contribution in [0.15, 0.2) is 48.5 Å². The Hall–Kier alpha value is -3.77. The van der Waals surface area contributed by atoms with Crippen LogP contribution in [0.1, 0.15) is 24.2 Å². The SMILES string of the molecule is COc1cc#cc(-c2nnc(N(CCSI)S(=O)(=O)[C@H](C)[C@@H](O)c3ccc(C#N)cc3)n2-c2c(O)cccc2OC)n1. The third-order valence-electron chi connectivity index (χ3n) is 6.29. The topological polar surface area (TPSA) is 164 Å². The van der Waals surface area contributed by atoms with Gasteiger partial charge in [-0.2, -0.15) is 5.26 Å². The number of phenols is 1. The van der Waals surface area contributed by atoms with Crippen molar-refractivity contribution >= 4 is 46.1 Å². The lowest BCUT2D eigenvalue weighted by atomic mass is 10.1. The van der Waals surface area contributed by atoms with Crippen LogP contribution in [0.3, 0.4) is 0 Å². The first-order valence-corrected chi connectivity index (χ1v) is 17.3. The molecule has 0 unspecified atom stereocenters. The summed E-state index contributed by atoms with van der Waals surface area (Å²) >= 11 is 2.06. The second-order valence-electron chi connectivity index (χ2n) is 8.72. The molecule has 0 amide bonds. The molecule has 0 aliphatic carbocycles. The van der Waals surface area contributed by atoms with Crippen LogP contribution in [0, 0.1) is 23.5 Å². The summed E-state index contributed by atoms with van der Waals surface area (Å²) in [7, 11) is -0.125. The first-order chi connectivity index (χ1) is 20.2. The van der Waals surface area contributed by atoms with Crippen LogP contribution in [-0.4, -0.2) is 70.1 Å². The van der Waals surface area contributed by atoms with E-state index in [2.05, 4.69) is 48.5 Å². The van der Waals surface area contributed by atoms with Crippen LogP contribution in [0.2, 0.25) is 0 Å². The highest BCUT2D eigenvalue weighted by Crippen LogP contribution is 2.39. The number of nitrogens with zero attached hydrogens (tertiary/aromatic N) is 6. The molecule has 12 nitrogen and oxygen atoms in total. The first kappa shape index (κ1) is 31.2. The van der Waals surface area contributed by atoms with Crippen molar-refractivity contribution in [2.24, 2.45) is 0 Å². The van der Waals surface area contributed by atoms with Crippen molar-refractivity contribution in [3.63, 3.8) is 0 Å². The summed E-state index contributed by atoms with van der Waals surface area (Å²) in [5, 5.41) is 38.4. The van der Waals surface area contributed by atoms with Gasteiger partial charge in [0.2, 0.25) is 21.9 Å². The van der Waals surface area contributed by atoms with Crippen molar-refractivity contribution in [3.8, 4) is 40.7 Å². The Kier molecular flexibility index (Phi) is 10.00. The normalized spacial score (nSPS) is 12.6. The van der Waals surface area contributed by atoms with Crippen molar-refractivity contribution in [3.05, 3.63) is 71.8 Å². The number of halogens is 1. The van der Waals surface area contributed by atoms with E-state index >= 15 is 0 Å². The number of aromatic nitrogens is 4. The minimum Gasteiger partial charge on any atom is -0.506 e. The lowest BCUT2D eigenvalue weighted by Crippen LogP contribution is -2.43. The zero-order valence-corrected chi connectivity index (χ0v) is 26.4. The molecule has 4 rings (SSSR count). The molecule has 2 heterocycles. The number of ether oxygens (including phenoxy) is 2. The predicted molar refractivity (Wildman–Crippen MR) is 165 cm³/mol. The summed E-state index contributed by atoms with van der Waals surface area (Å²) in [5.41, 5.74) is 0.878. The van der Waals surface area contributed by atoms with Crippen molar-refractivity contribution < 1.29 is 28.1 Å². The number of phenolic OH excluding ortho intramolecular Hbond substituents is 1. The lowest BCUT2D eigenvalue weighted by Gasteiger charge is -2.29. The number of nitriles is 1. The van der Waals surface area contributed by atoms with Gasteiger partial charge >= 0.3 is 0 Å². The highest BCUT2D eigenvalue weighted by atomic mass is 127. The average Bonchev–Trinajstić information content (AvgIpc) is 3.44. The molecule has 0 radical (unpaired) electrons. The molecule has 4 aromatic rings. The summed E-state index contributed by atoms with van der Waals surface area (Å²) in [4.78, 5) is 4.36. The maximum atomic E-state index is 14.2. The Morgan fingerprint density at radius 3 is 2.57 bits per heavy atom. The van der Waals surface area contributed by atoms with Crippen molar-refractivity contribution in [1.82, 2.24) is 19.7 Å². The second kappa shape index (κ2) is 13.5. The smallest absolute Gasteiger partial charge is 0.246 e. The van der Waals surface area contributed by atoms with Crippen LogP contribution in [0.25, 0.3) is 17.2 Å². The summed E-state index contributed by atoms with van der Waals surface area (Å²) in [6, 6.07) is 19.7. The third-order valence-corrected chi connectivity index (χ3v) is 10.1.